The van der Waals surface area contributed by atoms with Gasteiger partial charge in [-0.2, -0.15) is 13.2 Å². The summed E-state index contributed by atoms with van der Waals surface area (Å²) in [6, 6.07) is 10.2. The van der Waals surface area contributed by atoms with Crippen LogP contribution in [0.5, 0.6) is 0 Å². The topological polar surface area (TPSA) is 63.8 Å². The maximum absolute atomic E-state index is 13.1. The van der Waals surface area contributed by atoms with E-state index in [1.54, 1.807) is 37.4 Å². The van der Waals surface area contributed by atoms with Gasteiger partial charge in [-0.1, -0.05) is 17.7 Å². The molecule has 0 amide bonds. The summed E-state index contributed by atoms with van der Waals surface area (Å²) in [7, 11) is 0. The summed E-state index contributed by atoms with van der Waals surface area (Å²) in [6.07, 6.45) is -2.87. The molecule has 27 heavy (non-hydrogen) atoms. The van der Waals surface area contributed by atoms with E-state index in [0.29, 0.717) is 22.8 Å². The smallest absolute Gasteiger partial charge is 0.384 e. The standard InChI is InChI=1S/C18H14ClF3N4S/c1-10-2-3-11(18(20,21)22)8-13(10)17-14(19)4-5-16(25-17)26-27-12-6-7-24-15(23)9-12/h2-9H,1H3,(H2,23,24)(H,25,26). The monoisotopic (exact) mass is 410 g/mol. The SMILES string of the molecule is Cc1ccc(C(F)(F)F)cc1-c1nc(NSc2ccnc(N)c2)ccc1Cl. The van der Waals surface area contributed by atoms with Crippen molar-refractivity contribution in [2.45, 2.75) is 18.0 Å². The first kappa shape index (κ1) is 19.3. The fourth-order valence-corrected chi connectivity index (χ4v) is 3.20. The lowest BCUT2D eigenvalue weighted by Gasteiger charge is -2.13. The van der Waals surface area contributed by atoms with Gasteiger partial charge in [0.05, 0.1) is 16.3 Å². The molecule has 0 saturated heterocycles. The Balaban J connectivity index is 1.92. The molecule has 0 fully saturated rings. The highest BCUT2D eigenvalue weighted by atomic mass is 35.5. The summed E-state index contributed by atoms with van der Waals surface area (Å²) in [6.45, 7) is 1.71. The van der Waals surface area contributed by atoms with Gasteiger partial charge in [0.1, 0.15) is 11.6 Å². The number of rotatable bonds is 4. The van der Waals surface area contributed by atoms with Crippen LogP contribution in [0.4, 0.5) is 24.8 Å². The van der Waals surface area contributed by atoms with Crippen LogP contribution in [0.25, 0.3) is 11.3 Å². The predicted octanol–water partition coefficient (Wildman–Crippen LogP) is 5.83. The van der Waals surface area contributed by atoms with Crippen LogP contribution in [0.3, 0.4) is 0 Å². The summed E-state index contributed by atoms with van der Waals surface area (Å²) in [4.78, 5) is 9.11. The third-order valence-electron chi connectivity index (χ3n) is 3.69. The van der Waals surface area contributed by atoms with Crippen molar-refractivity contribution in [3.05, 3.63) is 64.8 Å². The molecule has 3 rings (SSSR count). The lowest BCUT2D eigenvalue weighted by Crippen LogP contribution is -2.05. The average molecular weight is 411 g/mol. The lowest BCUT2D eigenvalue weighted by molar-refractivity contribution is -0.137. The molecule has 0 aliphatic carbocycles. The van der Waals surface area contributed by atoms with Gasteiger partial charge >= 0.3 is 6.18 Å². The van der Waals surface area contributed by atoms with Crippen molar-refractivity contribution in [2.24, 2.45) is 0 Å². The van der Waals surface area contributed by atoms with Crippen LogP contribution in [0.15, 0.2) is 53.6 Å². The summed E-state index contributed by atoms with van der Waals surface area (Å²) >= 11 is 7.46. The average Bonchev–Trinajstić information content (AvgIpc) is 2.61. The molecular formula is C18H14ClF3N4S. The number of hydrogen-bond donors (Lipinski definition) is 2. The Bertz CT molecular complexity index is 979. The van der Waals surface area contributed by atoms with Gasteiger partial charge in [0.25, 0.3) is 0 Å². The van der Waals surface area contributed by atoms with E-state index in [1.807, 2.05) is 0 Å². The second-order valence-corrected chi connectivity index (χ2v) is 6.96. The molecule has 0 atom stereocenters. The molecule has 0 radical (unpaired) electrons. The van der Waals surface area contributed by atoms with Gasteiger partial charge in [-0.15, -0.1) is 0 Å². The number of nitrogens with zero attached hydrogens (tertiary/aromatic N) is 2. The van der Waals surface area contributed by atoms with Crippen LogP contribution in [0, 0.1) is 6.92 Å². The first-order valence-corrected chi connectivity index (χ1v) is 8.92. The van der Waals surface area contributed by atoms with Crippen molar-refractivity contribution in [3.8, 4) is 11.3 Å². The molecule has 4 nitrogen and oxygen atoms in total. The number of pyridine rings is 2. The van der Waals surface area contributed by atoms with E-state index in [4.69, 9.17) is 17.3 Å². The number of benzene rings is 1. The molecule has 0 saturated carbocycles. The summed E-state index contributed by atoms with van der Waals surface area (Å²) in [5.74, 6) is 0.831. The van der Waals surface area contributed by atoms with Gasteiger partial charge in [0, 0.05) is 16.7 Å². The Hall–Kier alpha value is -2.45. The highest BCUT2D eigenvalue weighted by Crippen LogP contribution is 2.36. The number of halogens is 4. The van der Waals surface area contributed by atoms with E-state index in [0.717, 1.165) is 17.0 Å². The van der Waals surface area contributed by atoms with E-state index in [-0.39, 0.29) is 10.7 Å². The van der Waals surface area contributed by atoms with Crippen molar-refractivity contribution in [1.82, 2.24) is 9.97 Å². The van der Waals surface area contributed by atoms with Gasteiger partial charge in [0.2, 0.25) is 0 Å². The van der Waals surface area contributed by atoms with Crippen molar-refractivity contribution in [2.75, 3.05) is 10.5 Å². The number of alkyl halides is 3. The van der Waals surface area contributed by atoms with Gasteiger partial charge in [-0.25, -0.2) is 9.97 Å². The second kappa shape index (κ2) is 7.66. The largest absolute Gasteiger partial charge is 0.416 e. The third kappa shape index (κ3) is 4.64. The van der Waals surface area contributed by atoms with Crippen LogP contribution >= 0.6 is 23.5 Å². The van der Waals surface area contributed by atoms with Crippen molar-refractivity contribution >= 4 is 35.2 Å². The fourth-order valence-electron chi connectivity index (χ4n) is 2.34. The van der Waals surface area contributed by atoms with E-state index >= 15 is 0 Å². The van der Waals surface area contributed by atoms with Gasteiger partial charge < -0.3 is 10.5 Å². The number of nitrogens with two attached hydrogens (primary N) is 1. The normalized spacial score (nSPS) is 11.4. The van der Waals surface area contributed by atoms with Crippen LogP contribution in [-0.2, 0) is 6.18 Å². The lowest BCUT2D eigenvalue weighted by atomic mass is 10.0. The molecule has 0 bridgehead atoms. The first-order chi connectivity index (χ1) is 12.7. The van der Waals surface area contributed by atoms with Crippen molar-refractivity contribution < 1.29 is 13.2 Å². The minimum Gasteiger partial charge on any atom is -0.384 e. The molecule has 0 unspecified atom stereocenters. The molecular weight excluding hydrogens is 397 g/mol. The molecule has 140 valence electrons. The quantitative estimate of drug-likeness (QED) is 0.530. The molecule has 1 aromatic carbocycles. The van der Waals surface area contributed by atoms with E-state index < -0.39 is 11.7 Å². The minimum absolute atomic E-state index is 0.265. The number of anilines is 2. The summed E-state index contributed by atoms with van der Waals surface area (Å²) < 4.78 is 42.2. The van der Waals surface area contributed by atoms with Gasteiger partial charge in [-0.3, -0.25) is 0 Å². The van der Waals surface area contributed by atoms with Gasteiger partial charge in [-0.05, 0) is 60.8 Å². The second-order valence-electron chi connectivity index (χ2n) is 5.67. The zero-order chi connectivity index (χ0) is 19.6. The number of aryl methyl sites for hydroxylation is 1. The Labute approximate surface area is 163 Å². The molecule has 9 heteroatoms. The number of hydrogen-bond acceptors (Lipinski definition) is 5. The molecule has 0 aliphatic heterocycles. The maximum Gasteiger partial charge on any atom is 0.416 e. The van der Waals surface area contributed by atoms with Crippen molar-refractivity contribution in [3.63, 3.8) is 0 Å². The van der Waals surface area contributed by atoms with Crippen molar-refractivity contribution in [1.29, 1.82) is 0 Å². The van der Waals surface area contributed by atoms with E-state index in [1.165, 1.54) is 18.0 Å². The van der Waals surface area contributed by atoms with Crippen LogP contribution in [0.1, 0.15) is 11.1 Å². The maximum atomic E-state index is 13.1. The summed E-state index contributed by atoms with van der Waals surface area (Å²) in [5, 5.41) is 0.265. The molecule has 3 aromatic rings. The Morgan fingerprint density at radius 1 is 1.11 bits per heavy atom. The molecule has 2 heterocycles. The van der Waals surface area contributed by atoms with E-state index in [2.05, 4.69) is 14.7 Å². The molecule has 0 aliphatic rings. The molecule has 2 aromatic heterocycles. The van der Waals surface area contributed by atoms with Crippen LogP contribution < -0.4 is 10.5 Å². The molecule has 3 N–H and O–H groups in total. The third-order valence-corrected chi connectivity index (χ3v) is 4.80. The molecule has 0 spiro atoms. The highest BCUT2D eigenvalue weighted by molar-refractivity contribution is 8.00. The first-order valence-electron chi connectivity index (χ1n) is 7.73. The minimum atomic E-state index is -4.44. The number of aromatic nitrogens is 2. The van der Waals surface area contributed by atoms with Crippen LogP contribution in [0.2, 0.25) is 5.02 Å². The Kier molecular flexibility index (Phi) is 5.48. The number of nitrogen functional groups attached to an aromatic ring is 1. The van der Waals surface area contributed by atoms with E-state index in [9.17, 15) is 13.2 Å². The summed E-state index contributed by atoms with van der Waals surface area (Å²) in [5.41, 5.74) is 6.14. The fraction of sp³-hybridized carbons (Fsp3) is 0.111. The predicted molar refractivity (Wildman–Crippen MR) is 103 cm³/mol. The number of nitrogens with one attached hydrogen (secondary N) is 1. The Morgan fingerprint density at radius 3 is 2.59 bits per heavy atom. The highest BCUT2D eigenvalue weighted by Gasteiger charge is 2.31. The zero-order valence-corrected chi connectivity index (χ0v) is 15.6. The van der Waals surface area contributed by atoms with Crippen LogP contribution in [-0.4, -0.2) is 9.97 Å². The van der Waals surface area contributed by atoms with Gasteiger partial charge in [0.15, 0.2) is 0 Å². The zero-order valence-electron chi connectivity index (χ0n) is 14.0. The Morgan fingerprint density at radius 2 is 1.89 bits per heavy atom.